The smallest absolute Gasteiger partial charge is 0.0950 e. The first-order valence-electron chi connectivity index (χ1n) is 4.45. The number of hydrogen-bond acceptors (Lipinski definition) is 2. The van der Waals surface area contributed by atoms with Gasteiger partial charge < -0.3 is 9.73 Å². The Morgan fingerprint density at radius 1 is 1.42 bits per heavy atom. The molecule has 0 bridgehead atoms. The average molecular weight is 167 g/mol. The third-order valence-corrected chi connectivity index (χ3v) is 1.88. The lowest BCUT2D eigenvalue weighted by molar-refractivity contribution is 0.489. The van der Waals surface area contributed by atoms with E-state index >= 15 is 0 Å². The molecule has 1 heterocycles. The summed E-state index contributed by atoms with van der Waals surface area (Å²) in [5, 5.41) is 3.42. The number of hydrogen-bond donors (Lipinski definition) is 1. The summed E-state index contributed by atoms with van der Waals surface area (Å²) in [6, 6.07) is 2.39. The van der Waals surface area contributed by atoms with Gasteiger partial charge in [0.15, 0.2) is 0 Å². The molecule has 0 radical (unpaired) electrons. The molecule has 1 rings (SSSR count). The first kappa shape index (κ1) is 9.33. The molecule has 1 atom stereocenters. The molecule has 68 valence electrons. The lowest BCUT2D eigenvalue weighted by Crippen LogP contribution is -2.22. The van der Waals surface area contributed by atoms with E-state index in [2.05, 4.69) is 26.1 Å². The molecule has 1 unspecified atom stereocenters. The van der Waals surface area contributed by atoms with Crippen LogP contribution in [0.15, 0.2) is 23.0 Å². The van der Waals surface area contributed by atoms with Gasteiger partial charge in [-0.05, 0) is 25.5 Å². The van der Waals surface area contributed by atoms with Crippen LogP contribution in [0.1, 0.15) is 32.4 Å². The van der Waals surface area contributed by atoms with Crippen molar-refractivity contribution in [3.8, 4) is 0 Å². The second-order valence-corrected chi connectivity index (χ2v) is 3.58. The number of nitrogens with one attached hydrogen (secondary N) is 1. The van der Waals surface area contributed by atoms with Gasteiger partial charge in [0.05, 0.1) is 12.5 Å². The second-order valence-electron chi connectivity index (χ2n) is 3.58. The quantitative estimate of drug-likeness (QED) is 0.745. The van der Waals surface area contributed by atoms with Gasteiger partial charge in [0.1, 0.15) is 0 Å². The number of rotatable bonds is 4. The Kier molecular flexibility index (Phi) is 3.35. The Morgan fingerprint density at radius 3 is 2.67 bits per heavy atom. The lowest BCUT2D eigenvalue weighted by Gasteiger charge is -2.13. The van der Waals surface area contributed by atoms with Gasteiger partial charge in [-0.25, -0.2) is 0 Å². The first-order chi connectivity index (χ1) is 5.70. The number of furan rings is 1. The third-order valence-electron chi connectivity index (χ3n) is 1.88. The molecule has 0 saturated heterocycles. The minimum absolute atomic E-state index is 0.395. The van der Waals surface area contributed by atoms with Crippen molar-refractivity contribution in [1.29, 1.82) is 0 Å². The Morgan fingerprint density at radius 2 is 2.17 bits per heavy atom. The van der Waals surface area contributed by atoms with E-state index in [1.807, 2.05) is 6.07 Å². The highest BCUT2D eigenvalue weighted by Gasteiger charge is 2.05. The Hall–Kier alpha value is -0.760. The highest BCUT2D eigenvalue weighted by atomic mass is 16.3. The van der Waals surface area contributed by atoms with Crippen LogP contribution < -0.4 is 5.32 Å². The van der Waals surface area contributed by atoms with Gasteiger partial charge >= 0.3 is 0 Å². The van der Waals surface area contributed by atoms with Gasteiger partial charge in [0.2, 0.25) is 0 Å². The standard InChI is InChI=1S/C10H17NO/c1-8(2)6-11-9(3)10-4-5-12-7-10/h4-5,7-9,11H,6H2,1-3H3. The molecule has 2 nitrogen and oxygen atoms in total. The van der Waals surface area contributed by atoms with Gasteiger partial charge in [0, 0.05) is 11.6 Å². The van der Waals surface area contributed by atoms with Gasteiger partial charge in [-0.15, -0.1) is 0 Å². The molecule has 1 N–H and O–H groups in total. The maximum Gasteiger partial charge on any atom is 0.0950 e. The van der Waals surface area contributed by atoms with Gasteiger partial charge in [-0.1, -0.05) is 13.8 Å². The summed E-state index contributed by atoms with van der Waals surface area (Å²) >= 11 is 0. The second kappa shape index (κ2) is 4.31. The van der Waals surface area contributed by atoms with E-state index < -0.39 is 0 Å². The molecule has 0 aliphatic rings. The first-order valence-corrected chi connectivity index (χ1v) is 4.45. The molecule has 0 spiro atoms. The summed E-state index contributed by atoms with van der Waals surface area (Å²) in [4.78, 5) is 0. The summed E-state index contributed by atoms with van der Waals surface area (Å²) in [6.07, 6.45) is 3.50. The summed E-state index contributed by atoms with van der Waals surface area (Å²) in [5.41, 5.74) is 1.22. The fourth-order valence-electron chi connectivity index (χ4n) is 1.05. The van der Waals surface area contributed by atoms with Crippen LogP contribution >= 0.6 is 0 Å². The van der Waals surface area contributed by atoms with Crippen LogP contribution in [0.3, 0.4) is 0 Å². The van der Waals surface area contributed by atoms with E-state index in [1.54, 1.807) is 12.5 Å². The molecule has 0 aliphatic carbocycles. The van der Waals surface area contributed by atoms with Crippen molar-refractivity contribution in [2.45, 2.75) is 26.8 Å². The van der Waals surface area contributed by atoms with E-state index in [4.69, 9.17) is 4.42 Å². The molecule has 12 heavy (non-hydrogen) atoms. The van der Waals surface area contributed by atoms with Crippen molar-refractivity contribution in [2.24, 2.45) is 5.92 Å². The van der Waals surface area contributed by atoms with Gasteiger partial charge in [0.25, 0.3) is 0 Å². The lowest BCUT2D eigenvalue weighted by atomic mass is 10.1. The Labute approximate surface area is 74.0 Å². The zero-order valence-electron chi connectivity index (χ0n) is 8.00. The normalized spacial score (nSPS) is 13.7. The maximum atomic E-state index is 5.00. The molecular weight excluding hydrogens is 150 g/mol. The highest BCUT2D eigenvalue weighted by molar-refractivity contribution is 5.09. The third kappa shape index (κ3) is 2.70. The van der Waals surface area contributed by atoms with Crippen LogP contribution in [0, 0.1) is 5.92 Å². The maximum absolute atomic E-state index is 5.00. The van der Waals surface area contributed by atoms with E-state index in [1.165, 1.54) is 5.56 Å². The van der Waals surface area contributed by atoms with Crippen molar-refractivity contribution < 1.29 is 4.42 Å². The minimum Gasteiger partial charge on any atom is -0.472 e. The molecule has 1 aromatic rings. The van der Waals surface area contributed by atoms with Crippen molar-refractivity contribution in [3.05, 3.63) is 24.2 Å². The van der Waals surface area contributed by atoms with E-state index in [0.717, 1.165) is 6.54 Å². The van der Waals surface area contributed by atoms with Gasteiger partial charge in [-0.3, -0.25) is 0 Å². The fourth-order valence-corrected chi connectivity index (χ4v) is 1.05. The zero-order chi connectivity index (χ0) is 8.97. The SMILES string of the molecule is CC(C)CNC(C)c1ccoc1. The topological polar surface area (TPSA) is 25.2 Å². The molecule has 1 aromatic heterocycles. The summed E-state index contributed by atoms with van der Waals surface area (Å²) in [7, 11) is 0. The molecular formula is C10H17NO. The predicted molar refractivity (Wildman–Crippen MR) is 50.0 cm³/mol. The van der Waals surface area contributed by atoms with Crippen molar-refractivity contribution >= 4 is 0 Å². The van der Waals surface area contributed by atoms with Crippen LogP contribution in [-0.2, 0) is 0 Å². The summed E-state index contributed by atoms with van der Waals surface area (Å²) in [5.74, 6) is 0.694. The molecule has 0 saturated carbocycles. The summed E-state index contributed by atoms with van der Waals surface area (Å²) < 4.78 is 5.00. The minimum atomic E-state index is 0.395. The highest BCUT2D eigenvalue weighted by Crippen LogP contribution is 2.12. The monoisotopic (exact) mass is 167 g/mol. The molecule has 0 fully saturated rings. The zero-order valence-corrected chi connectivity index (χ0v) is 8.00. The van der Waals surface area contributed by atoms with Crippen molar-refractivity contribution in [2.75, 3.05) is 6.54 Å². The van der Waals surface area contributed by atoms with Crippen LogP contribution in [0.5, 0.6) is 0 Å². The molecule has 0 amide bonds. The Balaban J connectivity index is 2.34. The van der Waals surface area contributed by atoms with Crippen LogP contribution in [-0.4, -0.2) is 6.54 Å². The van der Waals surface area contributed by atoms with Crippen molar-refractivity contribution in [3.63, 3.8) is 0 Å². The Bertz CT molecular complexity index is 204. The average Bonchev–Trinajstić information content (AvgIpc) is 2.51. The van der Waals surface area contributed by atoms with Gasteiger partial charge in [-0.2, -0.15) is 0 Å². The van der Waals surface area contributed by atoms with Crippen LogP contribution in [0.2, 0.25) is 0 Å². The van der Waals surface area contributed by atoms with Crippen LogP contribution in [0.4, 0.5) is 0 Å². The van der Waals surface area contributed by atoms with E-state index in [-0.39, 0.29) is 0 Å². The predicted octanol–water partition coefficient (Wildman–Crippen LogP) is 2.59. The van der Waals surface area contributed by atoms with E-state index in [0.29, 0.717) is 12.0 Å². The molecule has 0 aliphatic heterocycles. The van der Waals surface area contributed by atoms with Crippen LogP contribution in [0.25, 0.3) is 0 Å². The molecule has 0 aromatic carbocycles. The van der Waals surface area contributed by atoms with E-state index in [9.17, 15) is 0 Å². The largest absolute Gasteiger partial charge is 0.472 e. The molecule has 2 heteroatoms. The van der Waals surface area contributed by atoms with Crippen molar-refractivity contribution in [1.82, 2.24) is 5.32 Å². The fraction of sp³-hybridized carbons (Fsp3) is 0.600. The summed E-state index contributed by atoms with van der Waals surface area (Å²) in [6.45, 7) is 7.60.